The number of rotatable bonds is 5. The van der Waals surface area contributed by atoms with Gasteiger partial charge in [-0.05, 0) is 24.1 Å². The molecule has 4 nitrogen and oxygen atoms in total. The van der Waals surface area contributed by atoms with Gasteiger partial charge in [0, 0.05) is 11.6 Å². The molecule has 0 saturated heterocycles. The summed E-state index contributed by atoms with van der Waals surface area (Å²) in [5.74, 6) is -0.994. The molecule has 7 heteroatoms. The minimum Gasteiger partial charge on any atom is -0.396 e. The van der Waals surface area contributed by atoms with Gasteiger partial charge in [-0.2, -0.15) is 0 Å². The molecule has 0 aliphatic rings. The first-order chi connectivity index (χ1) is 9.90. The second kappa shape index (κ2) is 6.43. The average Bonchev–Trinajstić information content (AvgIpc) is 2.43. The van der Waals surface area contributed by atoms with E-state index in [1.807, 2.05) is 30.3 Å². The molecule has 112 valence electrons. The van der Waals surface area contributed by atoms with E-state index in [1.54, 1.807) is 0 Å². The van der Waals surface area contributed by atoms with Gasteiger partial charge in [0.1, 0.15) is 4.90 Å². The Bertz CT molecular complexity index is 736. The minimum atomic E-state index is -4.00. The molecule has 0 aromatic heterocycles. The molecular formula is C14H14ClFN2O2S. The third-order valence-corrected chi connectivity index (χ3v) is 4.55. The Morgan fingerprint density at radius 1 is 1.19 bits per heavy atom. The van der Waals surface area contributed by atoms with Gasteiger partial charge in [0.05, 0.1) is 5.69 Å². The van der Waals surface area contributed by atoms with Gasteiger partial charge in [-0.1, -0.05) is 41.9 Å². The molecule has 21 heavy (non-hydrogen) atoms. The maximum Gasteiger partial charge on any atom is 0.243 e. The van der Waals surface area contributed by atoms with Crippen molar-refractivity contribution in [3.8, 4) is 0 Å². The fourth-order valence-electron chi connectivity index (χ4n) is 1.83. The number of nitrogen functional groups attached to an aromatic ring is 1. The number of anilines is 1. The van der Waals surface area contributed by atoms with Gasteiger partial charge < -0.3 is 5.73 Å². The monoisotopic (exact) mass is 328 g/mol. The molecule has 2 rings (SSSR count). The van der Waals surface area contributed by atoms with Gasteiger partial charge >= 0.3 is 0 Å². The molecule has 0 fully saturated rings. The first-order valence-corrected chi connectivity index (χ1v) is 8.04. The lowest BCUT2D eigenvalue weighted by atomic mass is 10.2. The summed E-state index contributed by atoms with van der Waals surface area (Å²) >= 11 is 5.72. The maximum absolute atomic E-state index is 13.8. The zero-order chi connectivity index (χ0) is 15.5. The molecule has 3 N–H and O–H groups in total. The molecule has 0 aliphatic heterocycles. The third-order valence-electron chi connectivity index (χ3n) is 2.87. The summed E-state index contributed by atoms with van der Waals surface area (Å²) in [5, 5.41) is 0.0670. The fourth-order valence-corrected chi connectivity index (χ4v) is 3.29. The Hall–Kier alpha value is -1.63. The lowest BCUT2D eigenvalue weighted by molar-refractivity contribution is 0.559. The number of sulfonamides is 1. The Labute approximate surface area is 127 Å². The SMILES string of the molecule is Nc1cc(Cl)cc(S(=O)(=O)NCCc2ccccc2)c1F. The van der Waals surface area contributed by atoms with Crippen LogP contribution in [0.5, 0.6) is 0 Å². The zero-order valence-corrected chi connectivity index (χ0v) is 12.6. The molecule has 2 aromatic carbocycles. The molecule has 0 atom stereocenters. The van der Waals surface area contributed by atoms with Crippen LogP contribution in [0.2, 0.25) is 5.02 Å². The summed E-state index contributed by atoms with van der Waals surface area (Å²) in [7, 11) is -4.00. The highest BCUT2D eigenvalue weighted by molar-refractivity contribution is 7.89. The second-order valence-electron chi connectivity index (χ2n) is 4.44. The minimum absolute atomic E-state index is 0.0670. The van der Waals surface area contributed by atoms with E-state index >= 15 is 0 Å². The van der Waals surface area contributed by atoms with E-state index < -0.39 is 20.7 Å². The number of nitrogens with one attached hydrogen (secondary N) is 1. The molecule has 0 saturated carbocycles. The van der Waals surface area contributed by atoms with Crippen LogP contribution in [-0.4, -0.2) is 15.0 Å². The summed E-state index contributed by atoms with van der Waals surface area (Å²) in [6.45, 7) is 0.151. The van der Waals surface area contributed by atoms with E-state index in [4.69, 9.17) is 17.3 Å². The smallest absolute Gasteiger partial charge is 0.243 e. The Balaban J connectivity index is 2.12. The van der Waals surface area contributed by atoms with Gasteiger partial charge in [0.25, 0.3) is 0 Å². The number of halogens is 2. The Kier molecular flexibility index (Phi) is 4.82. The first kappa shape index (κ1) is 15.8. The molecular weight excluding hydrogens is 315 g/mol. The largest absolute Gasteiger partial charge is 0.396 e. The highest BCUT2D eigenvalue weighted by Gasteiger charge is 2.21. The van der Waals surface area contributed by atoms with Crippen molar-refractivity contribution in [3.63, 3.8) is 0 Å². The van der Waals surface area contributed by atoms with Crippen molar-refractivity contribution >= 4 is 27.3 Å². The number of hydrogen-bond donors (Lipinski definition) is 2. The molecule has 0 radical (unpaired) electrons. The van der Waals surface area contributed by atoms with Crippen molar-refractivity contribution in [2.24, 2.45) is 0 Å². The average molecular weight is 329 g/mol. The molecule has 0 aliphatic carbocycles. The quantitative estimate of drug-likeness (QED) is 0.829. The van der Waals surface area contributed by atoms with Crippen LogP contribution in [0.3, 0.4) is 0 Å². The van der Waals surface area contributed by atoms with Crippen LogP contribution in [0.1, 0.15) is 5.56 Å². The van der Waals surface area contributed by atoms with Gasteiger partial charge in [-0.15, -0.1) is 0 Å². The van der Waals surface area contributed by atoms with Crippen LogP contribution in [0.4, 0.5) is 10.1 Å². The van der Waals surface area contributed by atoms with Crippen molar-refractivity contribution in [1.82, 2.24) is 4.72 Å². The highest BCUT2D eigenvalue weighted by Crippen LogP contribution is 2.25. The third kappa shape index (κ3) is 3.93. The van der Waals surface area contributed by atoms with Gasteiger partial charge in [0.15, 0.2) is 5.82 Å². The molecule has 2 aromatic rings. The topological polar surface area (TPSA) is 72.2 Å². The van der Waals surface area contributed by atoms with Crippen LogP contribution < -0.4 is 10.5 Å². The molecule has 0 unspecified atom stereocenters. The number of nitrogens with two attached hydrogens (primary N) is 1. The fraction of sp³-hybridized carbons (Fsp3) is 0.143. The van der Waals surface area contributed by atoms with Crippen LogP contribution in [0, 0.1) is 5.82 Å². The van der Waals surface area contributed by atoms with Crippen LogP contribution in [0.15, 0.2) is 47.4 Å². The predicted octanol–water partition coefficient (Wildman–Crippen LogP) is 2.58. The Morgan fingerprint density at radius 2 is 1.86 bits per heavy atom. The normalized spacial score (nSPS) is 11.5. The maximum atomic E-state index is 13.8. The standard InChI is InChI=1S/C14H14ClFN2O2S/c15-11-8-12(17)14(16)13(9-11)21(19,20)18-7-6-10-4-2-1-3-5-10/h1-5,8-9,18H,6-7,17H2. The van der Waals surface area contributed by atoms with Gasteiger partial charge in [-0.3, -0.25) is 0 Å². The van der Waals surface area contributed by atoms with E-state index in [0.717, 1.165) is 11.6 Å². The highest BCUT2D eigenvalue weighted by atomic mass is 35.5. The van der Waals surface area contributed by atoms with Crippen molar-refractivity contribution in [3.05, 3.63) is 58.9 Å². The molecule has 0 spiro atoms. The van der Waals surface area contributed by atoms with E-state index in [-0.39, 0.29) is 17.3 Å². The first-order valence-electron chi connectivity index (χ1n) is 6.18. The summed E-state index contributed by atoms with van der Waals surface area (Å²) in [6.07, 6.45) is 0.498. The second-order valence-corrected chi connectivity index (χ2v) is 6.61. The predicted molar refractivity (Wildman–Crippen MR) is 81.2 cm³/mol. The summed E-state index contributed by atoms with van der Waals surface area (Å²) in [4.78, 5) is -0.541. The molecule has 0 heterocycles. The van der Waals surface area contributed by atoms with Crippen molar-refractivity contribution < 1.29 is 12.8 Å². The lowest BCUT2D eigenvalue weighted by Gasteiger charge is -2.09. The van der Waals surface area contributed by atoms with E-state index in [2.05, 4.69) is 4.72 Å². The van der Waals surface area contributed by atoms with Crippen molar-refractivity contribution in [1.29, 1.82) is 0 Å². The summed E-state index contributed by atoms with van der Waals surface area (Å²) in [5.41, 5.74) is 6.06. The molecule has 0 bridgehead atoms. The van der Waals surface area contributed by atoms with E-state index in [0.29, 0.717) is 6.42 Å². The lowest BCUT2D eigenvalue weighted by Crippen LogP contribution is -2.27. The Morgan fingerprint density at radius 3 is 2.52 bits per heavy atom. The van der Waals surface area contributed by atoms with Crippen molar-refractivity contribution in [2.75, 3.05) is 12.3 Å². The summed E-state index contributed by atoms with van der Waals surface area (Å²) in [6, 6.07) is 11.6. The molecule has 0 amide bonds. The van der Waals surface area contributed by atoms with Gasteiger partial charge in [-0.25, -0.2) is 17.5 Å². The van der Waals surface area contributed by atoms with E-state index in [9.17, 15) is 12.8 Å². The number of benzene rings is 2. The summed E-state index contributed by atoms with van der Waals surface area (Å²) < 4.78 is 40.3. The van der Waals surface area contributed by atoms with Crippen LogP contribution in [0.25, 0.3) is 0 Å². The number of hydrogen-bond acceptors (Lipinski definition) is 3. The van der Waals surface area contributed by atoms with Crippen LogP contribution in [-0.2, 0) is 16.4 Å². The van der Waals surface area contributed by atoms with Crippen LogP contribution >= 0.6 is 11.6 Å². The van der Waals surface area contributed by atoms with E-state index in [1.165, 1.54) is 6.07 Å². The van der Waals surface area contributed by atoms with Crippen molar-refractivity contribution in [2.45, 2.75) is 11.3 Å². The zero-order valence-electron chi connectivity index (χ0n) is 11.0. The van der Waals surface area contributed by atoms with Gasteiger partial charge in [0.2, 0.25) is 10.0 Å².